The summed E-state index contributed by atoms with van der Waals surface area (Å²) in [5, 5.41) is 25.0. The van der Waals surface area contributed by atoms with Gasteiger partial charge in [-0.3, -0.25) is 14.4 Å². The smallest absolute Gasteiger partial charge is 0.252 e. The van der Waals surface area contributed by atoms with Crippen molar-refractivity contribution in [3.63, 3.8) is 0 Å². The fraction of sp³-hybridized carbons (Fsp3) is 0.323. The van der Waals surface area contributed by atoms with E-state index in [1.807, 2.05) is 86.6 Å². The van der Waals surface area contributed by atoms with Crippen LogP contribution in [0.3, 0.4) is 0 Å². The number of hydrogen-bond donors (Lipinski definition) is 4. The third-order valence-electron chi connectivity index (χ3n) is 6.80. The van der Waals surface area contributed by atoms with Gasteiger partial charge in [-0.15, -0.1) is 0 Å². The Labute approximate surface area is 228 Å². The number of carbonyl (C=O) groups excluding carboxylic acids is 3. The minimum atomic E-state index is -1.30. The molecular formula is C31H34N2O6. The van der Waals surface area contributed by atoms with Crippen molar-refractivity contribution in [1.29, 1.82) is 0 Å². The Hall–Kier alpha value is -3.85. The second-order valence-electron chi connectivity index (χ2n) is 10.2. The van der Waals surface area contributed by atoms with Gasteiger partial charge in [-0.25, -0.2) is 0 Å². The molecule has 0 aliphatic carbocycles. The molecule has 0 aromatic heterocycles. The number of ketones is 1. The SMILES string of the molecule is CC(C)CC(NC(=O)[C@H](CO)NC(=O)c1cc(-c2ccccc2)ccc1-c1ccccc1)C(=O)C1(CO)CO1. The summed E-state index contributed by atoms with van der Waals surface area (Å²) in [5.74, 6) is -1.59. The first-order chi connectivity index (χ1) is 18.8. The highest BCUT2D eigenvalue weighted by Gasteiger charge is 2.54. The van der Waals surface area contributed by atoms with Crippen LogP contribution in [0, 0.1) is 5.92 Å². The summed E-state index contributed by atoms with van der Waals surface area (Å²) in [5.41, 5.74) is 2.30. The van der Waals surface area contributed by atoms with Crippen molar-refractivity contribution in [3.05, 3.63) is 84.4 Å². The number of hydrogen-bond acceptors (Lipinski definition) is 6. The topological polar surface area (TPSA) is 128 Å². The Bertz CT molecular complexity index is 1310. The van der Waals surface area contributed by atoms with Gasteiger partial charge in [0.2, 0.25) is 5.91 Å². The zero-order valence-electron chi connectivity index (χ0n) is 22.1. The second kappa shape index (κ2) is 12.3. The molecule has 1 aliphatic rings. The van der Waals surface area contributed by atoms with E-state index in [2.05, 4.69) is 10.6 Å². The Kier molecular flexibility index (Phi) is 8.91. The van der Waals surface area contributed by atoms with Crippen molar-refractivity contribution in [2.75, 3.05) is 19.8 Å². The normalized spacial score (nSPS) is 17.8. The molecule has 4 rings (SSSR count). The number of aliphatic hydroxyl groups is 2. The van der Waals surface area contributed by atoms with Gasteiger partial charge in [0.1, 0.15) is 6.04 Å². The molecule has 8 nitrogen and oxygen atoms in total. The molecule has 3 aromatic rings. The highest BCUT2D eigenvalue weighted by molar-refractivity contribution is 6.04. The molecular weight excluding hydrogens is 496 g/mol. The van der Waals surface area contributed by atoms with Crippen LogP contribution < -0.4 is 10.6 Å². The van der Waals surface area contributed by atoms with E-state index in [0.717, 1.165) is 16.7 Å². The van der Waals surface area contributed by atoms with Crippen LogP contribution in [0.2, 0.25) is 0 Å². The molecule has 0 saturated carbocycles. The molecule has 1 heterocycles. The molecule has 2 amide bonds. The minimum absolute atomic E-state index is 0.0602. The molecule has 1 aliphatic heterocycles. The molecule has 3 atom stereocenters. The first-order valence-corrected chi connectivity index (χ1v) is 13.0. The second-order valence-corrected chi connectivity index (χ2v) is 10.2. The van der Waals surface area contributed by atoms with Crippen molar-refractivity contribution in [2.24, 2.45) is 5.92 Å². The summed E-state index contributed by atoms with van der Waals surface area (Å²) in [6, 6.07) is 22.4. The van der Waals surface area contributed by atoms with Crippen LogP contribution in [0.5, 0.6) is 0 Å². The minimum Gasteiger partial charge on any atom is -0.394 e. The van der Waals surface area contributed by atoms with Gasteiger partial charge in [-0.1, -0.05) is 86.6 Å². The van der Waals surface area contributed by atoms with Gasteiger partial charge in [-0.05, 0) is 40.7 Å². The van der Waals surface area contributed by atoms with Crippen LogP contribution in [-0.4, -0.2) is 65.3 Å². The zero-order chi connectivity index (χ0) is 28.0. The van der Waals surface area contributed by atoms with E-state index in [9.17, 15) is 24.6 Å². The average Bonchev–Trinajstić information content (AvgIpc) is 3.77. The predicted molar refractivity (Wildman–Crippen MR) is 148 cm³/mol. The largest absolute Gasteiger partial charge is 0.394 e. The van der Waals surface area contributed by atoms with Gasteiger partial charge in [-0.2, -0.15) is 0 Å². The Morgan fingerprint density at radius 2 is 1.46 bits per heavy atom. The number of ether oxygens (including phenoxy) is 1. The van der Waals surface area contributed by atoms with Crippen LogP contribution in [0.15, 0.2) is 78.9 Å². The summed E-state index contributed by atoms with van der Waals surface area (Å²) >= 11 is 0. The van der Waals surface area contributed by atoms with E-state index in [4.69, 9.17) is 4.74 Å². The molecule has 3 aromatic carbocycles. The van der Waals surface area contributed by atoms with Gasteiger partial charge < -0.3 is 25.6 Å². The molecule has 4 N–H and O–H groups in total. The van der Waals surface area contributed by atoms with Crippen LogP contribution in [-0.2, 0) is 14.3 Å². The summed E-state index contributed by atoms with van der Waals surface area (Å²) < 4.78 is 5.19. The molecule has 2 unspecified atom stereocenters. The fourth-order valence-corrected chi connectivity index (χ4v) is 4.53. The molecule has 0 radical (unpaired) electrons. The number of aliphatic hydroxyl groups excluding tert-OH is 2. The number of Topliss-reactive ketones (excluding diaryl/α,β-unsaturated/α-hetero) is 1. The van der Waals surface area contributed by atoms with Crippen molar-refractivity contribution < 1.29 is 29.3 Å². The number of epoxide rings is 1. The van der Waals surface area contributed by atoms with Crippen LogP contribution >= 0.6 is 0 Å². The van der Waals surface area contributed by atoms with Gasteiger partial charge in [0.15, 0.2) is 11.4 Å². The summed E-state index contributed by atoms with van der Waals surface area (Å²) in [6.07, 6.45) is 0.319. The van der Waals surface area contributed by atoms with Crippen molar-refractivity contribution >= 4 is 17.6 Å². The maximum Gasteiger partial charge on any atom is 0.252 e. The first-order valence-electron chi connectivity index (χ1n) is 13.0. The molecule has 8 heteroatoms. The number of amides is 2. The fourth-order valence-electron chi connectivity index (χ4n) is 4.53. The van der Waals surface area contributed by atoms with E-state index in [1.54, 1.807) is 6.07 Å². The average molecular weight is 531 g/mol. The maximum absolute atomic E-state index is 13.6. The monoisotopic (exact) mass is 530 g/mol. The van der Waals surface area contributed by atoms with E-state index >= 15 is 0 Å². The molecule has 204 valence electrons. The van der Waals surface area contributed by atoms with E-state index in [0.29, 0.717) is 17.5 Å². The zero-order valence-corrected chi connectivity index (χ0v) is 22.1. The maximum atomic E-state index is 13.6. The van der Waals surface area contributed by atoms with Crippen LogP contribution in [0.1, 0.15) is 30.6 Å². The Morgan fingerprint density at radius 1 is 0.846 bits per heavy atom. The van der Waals surface area contributed by atoms with Crippen LogP contribution in [0.4, 0.5) is 0 Å². The molecule has 1 fully saturated rings. The van der Waals surface area contributed by atoms with Crippen LogP contribution in [0.25, 0.3) is 22.3 Å². The molecule has 39 heavy (non-hydrogen) atoms. The predicted octanol–water partition coefficient (Wildman–Crippen LogP) is 2.97. The lowest BCUT2D eigenvalue weighted by Crippen LogP contribution is -2.55. The lowest BCUT2D eigenvalue weighted by Gasteiger charge is -2.25. The number of carbonyl (C=O) groups is 3. The van der Waals surface area contributed by atoms with Crippen molar-refractivity contribution in [2.45, 2.75) is 38.0 Å². The highest BCUT2D eigenvalue weighted by Crippen LogP contribution is 2.31. The third kappa shape index (κ3) is 6.60. The lowest BCUT2D eigenvalue weighted by atomic mass is 9.92. The standard InChI is InChI=1S/C31H34N2O6/c1-20(2)15-26(28(36)31(18-35)19-39-31)32-30(38)27(17-34)33-29(37)25-16-23(21-9-5-3-6-10-21)13-14-24(25)22-11-7-4-8-12-22/h3-14,16,20,26-27,34-35H,15,17-19H2,1-2H3,(H,32,38)(H,33,37)/t26?,27-,31?/m0/s1. The van der Waals surface area contributed by atoms with Crippen molar-refractivity contribution in [3.8, 4) is 22.3 Å². The quantitative estimate of drug-likeness (QED) is 0.267. The van der Waals surface area contributed by atoms with Gasteiger partial charge in [0.25, 0.3) is 5.91 Å². The summed E-state index contributed by atoms with van der Waals surface area (Å²) in [7, 11) is 0. The van der Waals surface area contributed by atoms with Gasteiger partial charge in [0.05, 0.1) is 25.9 Å². The van der Waals surface area contributed by atoms with E-state index in [-0.39, 0.29) is 12.5 Å². The third-order valence-corrected chi connectivity index (χ3v) is 6.80. The highest BCUT2D eigenvalue weighted by atomic mass is 16.6. The molecule has 0 spiro atoms. The van der Waals surface area contributed by atoms with Gasteiger partial charge >= 0.3 is 0 Å². The number of rotatable bonds is 12. The first kappa shape index (κ1) is 28.2. The van der Waals surface area contributed by atoms with E-state index in [1.165, 1.54) is 0 Å². The Balaban J connectivity index is 1.59. The summed E-state index contributed by atoms with van der Waals surface area (Å²) in [4.78, 5) is 39.8. The Morgan fingerprint density at radius 3 is 2.00 bits per heavy atom. The molecule has 0 bridgehead atoms. The number of nitrogens with one attached hydrogen (secondary N) is 2. The van der Waals surface area contributed by atoms with Crippen molar-refractivity contribution in [1.82, 2.24) is 10.6 Å². The van der Waals surface area contributed by atoms with Gasteiger partial charge in [0, 0.05) is 5.56 Å². The lowest BCUT2D eigenvalue weighted by molar-refractivity contribution is -0.133. The number of benzene rings is 3. The van der Waals surface area contributed by atoms with E-state index < -0.39 is 48.5 Å². The summed E-state index contributed by atoms with van der Waals surface area (Å²) in [6.45, 7) is 2.76. The molecule has 1 saturated heterocycles.